The lowest BCUT2D eigenvalue weighted by Crippen LogP contribution is -2.35. The molecule has 1 fully saturated rings. The van der Waals surface area contributed by atoms with Gasteiger partial charge in [-0.1, -0.05) is 37.6 Å². The minimum absolute atomic E-state index is 0.581. The first-order valence-electron chi connectivity index (χ1n) is 5.76. The molecule has 0 aromatic carbocycles. The number of hydrogen-bond donors (Lipinski definition) is 0. The third kappa shape index (κ3) is 2.50. The Morgan fingerprint density at radius 2 is 2.21 bits per heavy atom. The predicted octanol–water partition coefficient (Wildman–Crippen LogP) is 4.73. The summed E-state index contributed by atoms with van der Waals surface area (Å²) in [5.41, 5.74) is 3.44. The van der Waals surface area contributed by atoms with Crippen LogP contribution in [0.15, 0.2) is 23.8 Å². The van der Waals surface area contributed by atoms with Gasteiger partial charge in [0.2, 0.25) is 0 Å². The van der Waals surface area contributed by atoms with Crippen LogP contribution in [0.1, 0.15) is 53.4 Å². The maximum Gasteiger partial charge on any atom is -0.0114 e. The normalized spacial score (nSPS) is 32.6. The van der Waals surface area contributed by atoms with Crippen LogP contribution in [0.2, 0.25) is 0 Å². The van der Waals surface area contributed by atoms with Gasteiger partial charge < -0.3 is 0 Å². The Kier molecular flexibility index (Phi) is 3.58. The molecule has 2 atom stereocenters. The molecule has 14 heavy (non-hydrogen) atoms. The van der Waals surface area contributed by atoms with Crippen LogP contribution in [0.25, 0.3) is 0 Å². The van der Waals surface area contributed by atoms with E-state index >= 15 is 0 Å². The monoisotopic (exact) mass is 192 g/mol. The van der Waals surface area contributed by atoms with Gasteiger partial charge in [0.05, 0.1) is 0 Å². The maximum atomic E-state index is 3.99. The minimum Gasteiger partial charge on any atom is -0.0998 e. The van der Waals surface area contributed by atoms with Crippen molar-refractivity contribution in [1.29, 1.82) is 0 Å². The third-order valence-electron chi connectivity index (χ3n) is 3.91. The zero-order valence-electron chi connectivity index (χ0n) is 10.2. The summed E-state index contributed by atoms with van der Waals surface area (Å²) in [6.07, 6.45) is 7.48. The molecule has 0 radical (unpaired) electrons. The van der Waals surface area contributed by atoms with Gasteiger partial charge in [-0.05, 0) is 50.9 Å². The molecule has 0 bridgehead atoms. The Balaban J connectivity index is 2.53. The molecule has 0 aromatic rings. The second-order valence-corrected chi connectivity index (χ2v) is 5.35. The molecule has 0 N–H and O–H groups in total. The minimum atomic E-state index is 0.581. The van der Waals surface area contributed by atoms with Crippen LogP contribution in [0.5, 0.6) is 0 Å². The lowest BCUT2D eigenvalue weighted by Gasteiger charge is -2.46. The fourth-order valence-electron chi connectivity index (χ4n) is 2.36. The van der Waals surface area contributed by atoms with Crippen LogP contribution in [-0.4, -0.2) is 0 Å². The van der Waals surface area contributed by atoms with Gasteiger partial charge in [0.1, 0.15) is 0 Å². The Bertz CT molecular complexity index is 247. The highest BCUT2D eigenvalue weighted by Gasteiger charge is 2.39. The van der Waals surface area contributed by atoms with Crippen molar-refractivity contribution in [3.8, 4) is 0 Å². The van der Waals surface area contributed by atoms with Gasteiger partial charge in [0.25, 0.3) is 0 Å². The molecular weight excluding hydrogens is 168 g/mol. The largest absolute Gasteiger partial charge is 0.0998 e. The molecule has 1 aliphatic carbocycles. The summed E-state index contributed by atoms with van der Waals surface area (Å²) in [5, 5.41) is 0. The molecule has 0 aromatic heterocycles. The van der Waals surface area contributed by atoms with E-state index in [1.807, 2.05) is 0 Å². The lowest BCUT2D eigenvalue weighted by atomic mass is 9.59. The SMILES string of the molecule is C=C(C)CC(=CC)CC1(C)CCC1C. The number of rotatable bonds is 4. The molecule has 0 aliphatic heterocycles. The summed E-state index contributed by atoms with van der Waals surface area (Å²) in [4.78, 5) is 0. The topological polar surface area (TPSA) is 0 Å². The molecule has 80 valence electrons. The van der Waals surface area contributed by atoms with E-state index in [2.05, 4.69) is 40.3 Å². The van der Waals surface area contributed by atoms with E-state index in [1.54, 1.807) is 5.57 Å². The fraction of sp³-hybridized carbons (Fsp3) is 0.714. The molecule has 1 rings (SSSR count). The first-order valence-corrected chi connectivity index (χ1v) is 5.76. The Hall–Kier alpha value is -0.520. The highest BCUT2D eigenvalue weighted by atomic mass is 14.4. The van der Waals surface area contributed by atoms with Crippen molar-refractivity contribution in [3.63, 3.8) is 0 Å². The Morgan fingerprint density at radius 3 is 2.50 bits per heavy atom. The van der Waals surface area contributed by atoms with Crippen LogP contribution in [-0.2, 0) is 0 Å². The highest BCUT2D eigenvalue weighted by molar-refractivity contribution is 5.14. The van der Waals surface area contributed by atoms with Gasteiger partial charge in [-0.2, -0.15) is 0 Å². The van der Waals surface area contributed by atoms with Gasteiger partial charge in [-0.3, -0.25) is 0 Å². The number of allylic oxidation sites excluding steroid dienone is 3. The van der Waals surface area contributed by atoms with Gasteiger partial charge in [0.15, 0.2) is 0 Å². The number of hydrogen-bond acceptors (Lipinski definition) is 0. The molecule has 0 amide bonds. The van der Waals surface area contributed by atoms with E-state index in [1.165, 1.54) is 24.8 Å². The van der Waals surface area contributed by atoms with Crippen molar-refractivity contribution >= 4 is 0 Å². The Labute approximate surface area is 89.1 Å². The smallest absolute Gasteiger partial charge is 0.0114 e. The van der Waals surface area contributed by atoms with Gasteiger partial charge in [-0.15, -0.1) is 0 Å². The Morgan fingerprint density at radius 1 is 1.57 bits per heavy atom. The standard InChI is InChI=1S/C14H24/c1-6-13(9-11(2)3)10-14(5)8-7-12(14)4/h6,12H,2,7-10H2,1,3-5H3. The predicted molar refractivity (Wildman–Crippen MR) is 64.3 cm³/mol. The lowest BCUT2D eigenvalue weighted by molar-refractivity contribution is 0.0656. The van der Waals surface area contributed by atoms with Crippen LogP contribution >= 0.6 is 0 Å². The van der Waals surface area contributed by atoms with E-state index in [-0.39, 0.29) is 0 Å². The van der Waals surface area contributed by atoms with Crippen molar-refractivity contribution < 1.29 is 0 Å². The highest BCUT2D eigenvalue weighted by Crippen LogP contribution is 2.50. The van der Waals surface area contributed by atoms with Gasteiger partial charge in [-0.25, -0.2) is 0 Å². The average molecular weight is 192 g/mol. The zero-order chi connectivity index (χ0) is 10.8. The molecule has 0 nitrogen and oxygen atoms in total. The summed E-state index contributed by atoms with van der Waals surface area (Å²) in [6, 6.07) is 0. The van der Waals surface area contributed by atoms with Gasteiger partial charge in [0, 0.05) is 0 Å². The molecule has 1 aliphatic rings. The quantitative estimate of drug-likeness (QED) is 0.565. The summed E-state index contributed by atoms with van der Waals surface area (Å²) >= 11 is 0. The molecule has 0 saturated heterocycles. The fourth-order valence-corrected chi connectivity index (χ4v) is 2.36. The summed E-state index contributed by atoms with van der Waals surface area (Å²) in [5.74, 6) is 0.905. The van der Waals surface area contributed by atoms with Crippen molar-refractivity contribution in [2.24, 2.45) is 11.3 Å². The van der Waals surface area contributed by atoms with Crippen LogP contribution in [0, 0.1) is 11.3 Å². The molecular formula is C14H24. The molecule has 0 heteroatoms. The summed E-state index contributed by atoms with van der Waals surface area (Å²) in [7, 11) is 0. The van der Waals surface area contributed by atoms with Crippen LogP contribution in [0.3, 0.4) is 0 Å². The first kappa shape index (κ1) is 11.6. The maximum absolute atomic E-state index is 3.99. The van der Waals surface area contributed by atoms with Crippen molar-refractivity contribution in [1.82, 2.24) is 0 Å². The first-order chi connectivity index (χ1) is 6.48. The summed E-state index contributed by atoms with van der Waals surface area (Å²) in [6.45, 7) is 13.1. The second-order valence-electron chi connectivity index (χ2n) is 5.35. The molecule has 0 heterocycles. The van der Waals surface area contributed by atoms with Crippen molar-refractivity contribution in [2.45, 2.75) is 53.4 Å². The molecule has 2 unspecified atom stereocenters. The van der Waals surface area contributed by atoms with E-state index in [9.17, 15) is 0 Å². The second kappa shape index (κ2) is 4.33. The van der Waals surface area contributed by atoms with Crippen molar-refractivity contribution in [2.75, 3.05) is 0 Å². The molecule has 1 saturated carbocycles. The molecule has 0 spiro atoms. The summed E-state index contributed by atoms with van der Waals surface area (Å²) < 4.78 is 0. The van der Waals surface area contributed by atoms with Gasteiger partial charge >= 0.3 is 0 Å². The van der Waals surface area contributed by atoms with E-state index in [4.69, 9.17) is 0 Å². The van der Waals surface area contributed by atoms with Crippen LogP contribution in [0.4, 0.5) is 0 Å². The third-order valence-corrected chi connectivity index (χ3v) is 3.91. The van der Waals surface area contributed by atoms with E-state index < -0.39 is 0 Å². The van der Waals surface area contributed by atoms with E-state index in [0.717, 1.165) is 12.3 Å². The average Bonchev–Trinajstić information content (AvgIpc) is 2.13. The zero-order valence-corrected chi connectivity index (χ0v) is 10.2. The van der Waals surface area contributed by atoms with Crippen LogP contribution < -0.4 is 0 Å². The van der Waals surface area contributed by atoms with E-state index in [0.29, 0.717) is 5.41 Å². The van der Waals surface area contributed by atoms with Crippen molar-refractivity contribution in [3.05, 3.63) is 23.8 Å².